The van der Waals surface area contributed by atoms with Gasteiger partial charge in [0.25, 0.3) is 5.69 Å². The Labute approximate surface area is 174 Å². The number of non-ortho nitro benzene ring substituents is 1. The minimum atomic E-state index is -4.41. The molecule has 1 aromatic heterocycles. The summed E-state index contributed by atoms with van der Waals surface area (Å²) >= 11 is 0. The summed E-state index contributed by atoms with van der Waals surface area (Å²) < 4.78 is 17.1. The molecule has 0 aliphatic carbocycles. The van der Waals surface area contributed by atoms with Gasteiger partial charge in [0.15, 0.2) is 0 Å². The van der Waals surface area contributed by atoms with E-state index < -0.39 is 35.8 Å². The second-order valence-electron chi connectivity index (χ2n) is 6.74. The van der Waals surface area contributed by atoms with Gasteiger partial charge in [-0.3, -0.25) is 24.3 Å². The van der Waals surface area contributed by atoms with Crippen LogP contribution in [0.1, 0.15) is 5.56 Å². The number of fused-ring (bicyclic) bond motifs is 1. The Kier molecular flexibility index (Phi) is 6.66. The molecule has 3 aromatic rings. The second-order valence-corrected chi connectivity index (χ2v) is 8.44. The number of nitrogens with zero attached hydrogens (tertiary/aromatic N) is 1. The third-order valence-corrected chi connectivity index (χ3v) is 5.26. The van der Waals surface area contributed by atoms with Crippen LogP contribution in [0.4, 0.5) is 5.69 Å². The van der Waals surface area contributed by atoms with E-state index in [9.17, 15) is 34.1 Å². The molecule has 0 aliphatic rings. The van der Waals surface area contributed by atoms with Crippen molar-refractivity contribution in [2.75, 3.05) is 12.8 Å². The zero-order chi connectivity index (χ0) is 22.6. The van der Waals surface area contributed by atoms with Gasteiger partial charge in [0, 0.05) is 18.7 Å². The third kappa shape index (κ3) is 6.09. The van der Waals surface area contributed by atoms with E-state index in [0.717, 1.165) is 6.07 Å². The summed E-state index contributed by atoms with van der Waals surface area (Å²) in [5.74, 6) is 0.503. The largest absolute Gasteiger partial charge is 0.492 e. The van der Waals surface area contributed by atoms with Gasteiger partial charge in [0.05, 0.1) is 28.2 Å². The van der Waals surface area contributed by atoms with Crippen LogP contribution in [0.3, 0.4) is 0 Å². The lowest BCUT2D eigenvalue weighted by atomic mass is 10.1. The van der Waals surface area contributed by atoms with Gasteiger partial charge in [0.1, 0.15) is 12.4 Å². The number of rotatable bonds is 9. The fraction of sp³-hybridized carbons (Fsp3) is 0.222. The molecule has 13 heteroatoms. The standard InChI is InChI=1S/C18H19N4O8P/c23-17-18(24)21-16-11(6-13(22(25)26)7-15(16)20-17)8-19-12(10-31(27,28)29)9-30-14-4-2-1-3-5-14/h1-7,12,19H,8-10H2,(H,20,23)(H,21,24)(H2,27,28,29). The monoisotopic (exact) mass is 450 g/mol. The molecule has 0 saturated heterocycles. The summed E-state index contributed by atoms with van der Waals surface area (Å²) in [6, 6.07) is 10.1. The first-order valence-electron chi connectivity index (χ1n) is 9.02. The fourth-order valence-corrected chi connectivity index (χ4v) is 3.77. The number of aromatic amines is 2. The zero-order valence-corrected chi connectivity index (χ0v) is 16.9. The maximum absolute atomic E-state index is 11.7. The minimum absolute atomic E-state index is 0.0580. The highest BCUT2D eigenvalue weighted by molar-refractivity contribution is 7.51. The molecule has 31 heavy (non-hydrogen) atoms. The molecule has 1 heterocycles. The average Bonchev–Trinajstić information content (AvgIpc) is 2.70. The SMILES string of the molecule is O=c1[nH]c2cc([N+](=O)[O-])cc(CNC(COc3ccccc3)CP(=O)(O)O)c2[nH]c1=O. The fourth-order valence-electron chi connectivity index (χ4n) is 2.96. The van der Waals surface area contributed by atoms with Crippen LogP contribution in [-0.2, 0) is 11.1 Å². The number of H-pyrrole nitrogens is 2. The molecular formula is C18H19N4O8P. The molecule has 5 N–H and O–H groups in total. The van der Waals surface area contributed by atoms with Crippen LogP contribution in [-0.4, -0.2) is 43.5 Å². The predicted octanol–water partition coefficient (Wildman–Crippen LogP) is 0.839. The lowest BCUT2D eigenvalue weighted by molar-refractivity contribution is -0.384. The molecule has 0 aliphatic heterocycles. The van der Waals surface area contributed by atoms with E-state index in [4.69, 9.17) is 4.74 Å². The van der Waals surface area contributed by atoms with Crippen LogP contribution < -0.4 is 21.2 Å². The lowest BCUT2D eigenvalue weighted by Crippen LogP contribution is -2.37. The van der Waals surface area contributed by atoms with E-state index in [2.05, 4.69) is 15.3 Å². The van der Waals surface area contributed by atoms with Gasteiger partial charge in [-0.2, -0.15) is 0 Å². The first-order valence-corrected chi connectivity index (χ1v) is 10.8. The maximum Gasteiger partial charge on any atom is 0.327 e. The van der Waals surface area contributed by atoms with Gasteiger partial charge in [-0.25, -0.2) is 0 Å². The van der Waals surface area contributed by atoms with Crippen LogP contribution in [0.5, 0.6) is 5.75 Å². The van der Waals surface area contributed by atoms with E-state index in [-0.39, 0.29) is 35.4 Å². The van der Waals surface area contributed by atoms with Crippen molar-refractivity contribution in [3.05, 3.63) is 78.8 Å². The summed E-state index contributed by atoms with van der Waals surface area (Å²) in [4.78, 5) is 57.3. The molecule has 1 unspecified atom stereocenters. The molecular weight excluding hydrogens is 431 g/mol. The molecule has 0 spiro atoms. The number of nitro benzene ring substituents is 1. The smallest absolute Gasteiger partial charge is 0.327 e. The average molecular weight is 450 g/mol. The summed E-state index contributed by atoms with van der Waals surface area (Å²) in [6.07, 6.45) is -0.542. The molecule has 12 nitrogen and oxygen atoms in total. The number of nitro groups is 1. The first-order chi connectivity index (χ1) is 14.6. The van der Waals surface area contributed by atoms with Gasteiger partial charge in [-0.05, 0) is 17.7 Å². The minimum Gasteiger partial charge on any atom is -0.492 e. The molecule has 164 valence electrons. The molecule has 0 amide bonds. The highest BCUT2D eigenvalue weighted by atomic mass is 31.2. The Morgan fingerprint density at radius 2 is 1.81 bits per heavy atom. The van der Waals surface area contributed by atoms with E-state index in [1.807, 2.05) is 0 Å². The maximum atomic E-state index is 11.7. The summed E-state index contributed by atoms with van der Waals surface area (Å²) in [5, 5.41) is 14.1. The normalized spacial score (nSPS) is 12.6. The van der Waals surface area contributed by atoms with Crippen LogP contribution in [0, 0.1) is 10.1 Å². The summed E-state index contributed by atoms with van der Waals surface area (Å²) in [6.45, 7) is -0.182. The molecule has 0 bridgehead atoms. The molecule has 0 saturated carbocycles. The number of hydrogen-bond donors (Lipinski definition) is 5. The first kappa shape index (κ1) is 22.4. The Balaban J connectivity index is 1.87. The van der Waals surface area contributed by atoms with Crippen molar-refractivity contribution in [2.45, 2.75) is 12.6 Å². The molecule has 0 fully saturated rings. The van der Waals surface area contributed by atoms with Crippen LogP contribution >= 0.6 is 7.60 Å². The van der Waals surface area contributed by atoms with Crippen LogP contribution in [0.15, 0.2) is 52.1 Å². The topological polar surface area (TPSA) is 188 Å². The second kappa shape index (κ2) is 9.23. The van der Waals surface area contributed by atoms with Crippen LogP contribution in [0.2, 0.25) is 0 Å². The summed E-state index contributed by atoms with van der Waals surface area (Å²) in [5.41, 5.74) is -1.72. The number of aromatic nitrogens is 2. The van der Waals surface area contributed by atoms with E-state index >= 15 is 0 Å². The molecule has 3 rings (SSSR count). The molecule has 2 aromatic carbocycles. The van der Waals surface area contributed by atoms with Crippen molar-refractivity contribution < 1.29 is 24.0 Å². The van der Waals surface area contributed by atoms with Gasteiger partial charge in [-0.1, -0.05) is 18.2 Å². The lowest BCUT2D eigenvalue weighted by Gasteiger charge is -2.20. The van der Waals surface area contributed by atoms with Gasteiger partial charge >= 0.3 is 18.7 Å². The number of nitrogens with one attached hydrogen (secondary N) is 3. The quantitative estimate of drug-likeness (QED) is 0.136. The molecule has 1 atom stereocenters. The number of para-hydroxylation sites is 1. The van der Waals surface area contributed by atoms with Gasteiger partial charge in [-0.15, -0.1) is 0 Å². The summed E-state index contributed by atoms with van der Waals surface area (Å²) in [7, 11) is -4.41. The van der Waals surface area contributed by atoms with Gasteiger partial charge < -0.3 is 29.8 Å². The Morgan fingerprint density at radius 1 is 1.13 bits per heavy atom. The highest BCUT2D eigenvalue weighted by Gasteiger charge is 2.23. The van der Waals surface area contributed by atoms with E-state index in [1.54, 1.807) is 30.3 Å². The van der Waals surface area contributed by atoms with Gasteiger partial charge in [0.2, 0.25) is 0 Å². The zero-order valence-electron chi connectivity index (χ0n) is 16.0. The van der Waals surface area contributed by atoms with Crippen molar-refractivity contribution >= 4 is 24.3 Å². The highest BCUT2D eigenvalue weighted by Crippen LogP contribution is 2.35. The van der Waals surface area contributed by atoms with E-state index in [0.29, 0.717) is 5.75 Å². The van der Waals surface area contributed by atoms with Crippen molar-refractivity contribution in [1.29, 1.82) is 0 Å². The molecule has 0 radical (unpaired) electrons. The number of ether oxygens (including phenoxy) is 1. The number of hydrogen-bond acceptors (Lipinski definition) is 7. The Hall–Kier alpha value is -3.31. The Bertz CT molecular complexity index is 1250. The number of benzene rings is 2. The Morgan fingerprint density at radius 3 is 2.45 bits per heavy atom. The predicted molar refractivity (Wildman–Crippen MR) is 111 cm³/mol. The van der Waals surface area contributed by atoms with Crippen molar-refractivity contribution in [2.24, 2.45) is 0 Å². The van der Waals surface area contributed by atoms with Crippen molar-refractivity contribution in [1.82, 2.24) is 15.3 Å². The van der Waals surface area contributed by atoms with Crippen molar-refractivity contribution in [3.63, 3.8) is 0 Å². The van der Waals surface area contributed by atoms with Crippen molar-refractivity contribution in [3.8, 4) is 5.75 Å². The van der Waals surface area contributed by atoms with Crippen LogP contribution in [0.25, 0.3) is 11.0 Å². The van der Waals surface area contributed by atoms with E-state index in [1.165, 1.54) is 6.07 Å². The third-order valence-electron chi connectivity index (χ3n) is 4.34.